The van der Waals surface area contributed by atoms with Crippen molar-refractivity contribution in [3.8, 4) is 17.6 Å². The van der Waals surface area contributed by atoms with Crippen LogP contribution in [-0.2, 0) is 0 Å². The first-order valence-corrected chi connectivity index (χ1v) is 8.44. The normalized spacial score (nSPS) is 10.4. The van der Waals surface area contributed by atoms with Crippen molar-refractivity contribution in [1.82, 2.24) is 20.2 Å². The molecule has 0 saturated heterocycles. The molecule has 148 valence electrons. The van der Waals surface area contributed by atoms with Crippen molar-refractivity contribution in [1.29, 1.82) is 5.26 Å². The molecule has 0 radical (unpaired) electrons. The van der Waals surface area contributed by atoms with Crippen LogP contribution in [0.2, 0.25) is 0 Å². The van der Waals surface area contributed by atoms with E-state index in [1.807, 2.05) is 6.07 Å². The summed E-state index contributed by atoms with van der Waals surface area (Å²) in [5, 5.41) is 21.4. The van der Waals surface area contributed by atoms with Gasteiger partial charge in [0, 0.05) is 36.4 Å². The zero-order valence-corrected chi connectivity index (χ0v) is 15.0. The molecule has 0 aliphatic heterocycles. The highest BCUT2D eigenvalue weighted by molar-refractivity contribution is 5.99. The number of halogens is 2. The van der Waals surface area contributed by atoms with Crippen molar-refractivity contribution in [3.05, 3.63) is 66.1 Å². The van der Waals surface area contributed by atoms with Gasteiger partial charge in [-0.05, 0) is 18.2 Å². The summed E-state index contributed by atoms with van der Waals surface area (Å²) in [6.07, 6.45) is 4.22. The highest BCUT2D eigenvalue weighted by Crippen LogP contribution is 2.34. The molecule has 0 saturated carbocycles. The van der Waals surface area contributed by atoms with Crippen LogP contribution in [0, 0.1) is 23.0 Å². The van der Waals surface area contributed by atoms with E-state index in [1.54, 1.807) is 6.07 Å². The highest BCUT2D eigenvalue weighted by atomic mass is 19.1. The first kappa shape index (κ1) is 18.8. The van der Waals surface area contributed by atoms with E-state index in [9.17, 15) is 18.8 Å². The molecule has 4 aromatic rings. The van der Waals surface area contributed by atoms with E-state index >= 15 is 0 Å². The Hall–Kier alpha value is -4.59. The molecule has 0 fully saturated rings. The molecule has 0 atom stereocenters. The summed E-state index contributed by atoms with van der Waals surface area (Å²) in [4.78, 5) is 18.8. The maximum absolute atomic E-state index is 14.5. The number of aromatic nitrogens is 4. The van der Waals surface area contributed by atoms with Gasteiger partial charge in [-0.2, -0.15) is 10.4 Å². The Morgan fingerprint density at radius 2 is 1.97 bits per heavy atom. The van der Waals surface area contributed by atoms with Gasteiger partial charge in [0.2, 0.25) is 0 Å². The first-order chi connectivity index (χ1) is 14.5. The third-order valence-corrected chi connectivity index (χ3v) is 3.94. The number of amides is 2. The molecule has 11 heteroatoms. The van der Waals surface area contributed by atoms with Crippen LogP contribution in [0.25, 0.3) is 11.0 Å². The lowest BCUT2D eigenvalue weighted by Crippen LogP contribution is -2.20. The number of fused-ring (bicyclic) bond motifs is 1. The van der Waals surface area contributed by atoms with Crippen molar-refractivity contribution in [2.24, 2.45) is 0 Å². The van der Waals surface area contributed by atoms with E-state index in [0.717, 1.165) is 12.1 Å². The van der Waals surface area contributed by atoms with Crippen LogP contribution in [0.1, 0.15) is 5.56 Å². The molecule has 0 unspecified atom stereocenters. The number of nitrogens with zero attached hydrogens (tertiary/aromatic N) is 4. The molecule has 4 rings (SSSR count). The number of nitriles is 1. The van der Waals surface area contributed by atoms with Crippen LogP contribution < -0.4 is 15.4 Å². The third-order valence-electron chi connectivity index (χ3n) is 3.94. The van der Waals surface area contributed by atoms with Gasteiger partial charge < -0.3 is 15.0 Å². The number of pyridine rings is 1. The largest absolute Gasteiger partial charge is 0.450 e. The minimum Gasteiger partial charge on any atom is -0.450 e. The van der Waals surface area contributed by atoms with E-state index in [2.05, 4.69) is 30.8 Å². The number of hydrogen-bond acceptors (Lipinski definition) is 6. The van der Waals surface area contributed by atoms with Gasteiger partial charge in [0.1, 0.15) is 17.5 Å². The molecule has 3 heterocycles. The summed E-state index contributed by atoms with van der Waals surface area (Å²) in [5.74, 6) is -2.57. The van der Waals surface area contributed by atoms with Crippen molar-refractivity contribution in [3.63, 3.8) is 0 Å². The summed E-state index contributed by atoms with van der Waals surface area (Å²) in [7, 11) is 0. The monoisotopic (exact) mass is 407 g/mol. The number of ether oxygens (including phenoxy) is 1. The Morgan fingerprint density at radius 3 is 2.67 bits per heavy atom. The second-order valence-corrected chi connectivity index (χ2v) is 5.91. The molecule has 3 N–H and O–H groups in total. The van der Waals surface area contributed by atoms with Crippen molar-refractivity contribution in [2.45, 2.75) is 0 Å². The predicted molar refractivity (Wildman–Crippen MR) is 102 cm³/mol. The summed E-state index contributed by atoms with van der Waals surface area (Å²) < 4.78 is 34.5. The maximum atomic E-state index is 14.5. The summed E-state index contributed by atoms with van der Waals surface area (Å²) in [6.45, 7) is 0. The van der Waals surface area contributed by atoms with Gasteiger partial charge >= 0.3 is 6.03 Å². The van der Waals surface area contributed by atoms with E-state index in [1.165, 1.54) is 30.7 Å². The zero-order valence-electron chi connectivity index (χ0n) is 15.0. The van der Waals surface area contributed by atoms with E-state index in [0.29, 0.717) is 11.0 Å². The maximum Gasteiger partial charge on any atom is 0.324 e. The Bertz CT molecular complexity index is 1260. The van der Waals surface area contributed by atoms with Crippen molar-refractivity contribution in [2.75, 3.05) is 10.6 Å². The summed E-state index contributed by atoms with van der Waals surface area (Å²) in [5.41, 5.74) is 0.412. The molecule has 9 nitrogen and oxygen atoms in total. The SMILES string of the molecule is N#Cc1c[nH]c2nccc(Oc3c(F)cc(NC(=O)Nc4cccnn4)cc3F)c12. The van der Waals surface area contributed by atoms with Gasteiger partial charge in [-0.15, -0.1) is 5.10 Å². The molecule has 0 aliphatic rings. The number of H-pyrrole nitrogens is 1. The fourth-order valence-corrected chi connectivity index (χ4v) is 2.69. The highest BCUT2D eigenvalue weighted by Gasteiger charge is 2.18. The van der Waals surface area contributed by atoms with Crippen molar-refractivity contribution < 1.29 is 18.3 Å². The molecule has 0 aliphatic carbocycles. The average molecular weight is 407 g/mol. The van der Waals surface area contributed by atoms with Crippen LogP contribution in [0.15, 0.2) is 48.9 Å². The lowest BCUT2D eigenvalue weighted by Gasteiger charge is -2.12. The zero-order chi connectivity index (χ0) is 21.1. The van der Waals surface area contributed by atoms with Gasteiger partial charge in [0.25, 0.3) is 0 Å². The van der Waals surface area contributed by atoms with Crippen LogP contribution in [0.3, 0.4) is 0 Å². The number of rotatable bonds is 4. The molecule has 3 aromatic heterocycles. The average Bonchev–Trinajstić information content (AvgIpc) is 3.15. The number of anilines is 2. The molecular weight excluding hydrogens is 396 g/mol. The number of hydrogen-bond donors (Lipinski definition) is 3. The molecule has 2 amide bonds. The van der Waals surface area contributed by atoms with Crippen molar-refractivity contribution >= 4 is 28.6 Å². The number of nitrogens with one attached hydrogen (secondary N) is 3. The van der Waals surface area contributed by atoms with Gasteiger partial charge in [0.15, 0.2) is 23.2 Å². The predicted octanol–water partition coefficient (Wildman–Crippen LogP) is 3.94. The van der Waals surface area contributed by atoms with E-state index < -0.39 is 23.4 Å². The molecular formula is C19H11F2N7O2. The topological polar surface area (TPSA) is 129 Å². The minimum absolute atomic E-state index is 0.0525. The molecule has 0 bridgehead atoms. The Balaban J connectivity index is 1.57. The lowest BCUT2D eigenvalue weighted by atomic mass is 10.2. The van der Waals surface area contributed by atoms with Crippen LogP contribution >= 0.6 is 0 Å². The molecule has 1 aromatic carbocycles. The standard InChI is InChI=1S/C19H11F2N7O2/c20-12-6-11(26-19(29)27-15-2-1-4-25-28-15)7-13(21)17(12)30-14-3-5-23-18-16(14)10(8-22)9-24-18/h1-7,9H,(H,23,24)(H2,26,27,28,29). The van der Waals surface area contributed by atoms with E-state index in [4.69, 9.17) is 4.74 Å². The third kappa shape index (κ3) is 3.69. The minimum atomic E-state index is -1.05. The summed E-state index contributed by atoms with van der Waals surface area (Å²) >= 11 is 0. The number of carbonyl (C=O) groups is 1. The quantitative estimate of drug-likeness (QED) is 0.470. The number of urea groups is 1. The smallest absolute Gasteiger partial charge is 0.324 e. The Labute approximate surface area is 167 Å². The second-order valence-electron chi connectivity index (χ2n) is 5.91. The van der Waals surface area contributed by atoms with Gasteiger partial charge in [-0.3, -0.25) is 5.32 Å². The first-order valence-electron chi connectivity index (χ1n) is 8.44. The van der Waals surface area contributed by atoms with Gasteiger partial charge in [-0.1, -0.05) is 0 Å². The van der Waals surface area contributed by atoms with Crippen LogP contribution in [-0.4, -0.2) is 26.2 Å². The fourth-order valence-electron chi connectivity index (χ4n) is 2.69. The van der Waals surface area contributed by atoms with Crippen LogP contribution in [0.5, 0.6) is 11.5 Å². The summed E-state index contributed by atoms with van der Waals surface area (Å²) in [6, 6.07) is 7.43. The van der Waals surface area contributed by atoms with E-state index in [-0.39, 0.29) is 22.8 Å². The Kier molecular flexibility index (Phi) is 4.88. The lowest BCUT2D eigenvalue weighted by molar-refractivity contribution is 0.262. The number of benzene rings is 1. The fraction of sp³-hybridized carbons (Fsp3) is 0. The van der Waals surface area contributed by atoms with Gasteiger partial charge in [-0.25, -0.2) is 18.6 Å². The second kappa shape index (κ2) is 7.80. The Morgan fingerprint density at radius 1 is 1.17 bits per heavy atom. The number of carbonyl (C=O) groups excluding carboxylic acids is 1. The molecule has 30 heavy (non-hydrogen) atoms. The van der Waals surface area contributed by atoms with Gasteiger partial charge in [0.05, 0.1) is 10.9 Å². The number of aromatic amines is 1. The molecule has 0 spiro atoms. The van der Waals surface area contributed by atoms with Crippen LogP contribution in [0.4, 0.5) is 25.1 Å².